The summed E-state index contributed by atoms with van der Waals surface area (Å²) in [5.41, 5.74) is 0.961. The summed E-state index contributed by atoms with van der Waals surface area (Å²) in [6.07, 6.45) is 3.13. The highest BCUT2D eigenvalue weighted by molar-refractivity contribution is 5.87. The Bertz CT molecular complexity index is 895. The number of hydrogen-bond donors (Lipinski definition) is 0. The van der Waals surface area contributed by atoms with Crippen LogP contribution in [-0.2, 0) is 14.3 Å². The second kappa shape index (κ2) is 8.07. The van der Waals surface area contributed by atoms with Crippen LogP contribution in [-0.4, -0.2) is 71.5 Å². The Hall–Kier alpha value is -2.93. The predicted octanol–water partition coefficient (Wildman–Crippen LogP) is 1.86. The number of piperazine rings is 1. The predicted molar refractivity (Wildman–Crippen MR) is 112 cm³/mol. The Morgan fingerprint density at radius 3 is 2.37 bits per heavy atom. The van der Waals surface area contributed by atoms with E-state index >= 15 is 0 Å². The van der Waals surface area contributed by atoms with Crippen molar-refractivity contribution in [1.82, 2.24) is 14.8 Å². The Morgan fingerprint density at radius 2 is 1.70 bits per heavy atom. The summed E-state index contributed by atoms with van der Waals surface area (Å²) in [4.78, 5) is 36.6. The number of morpholine rings is 1. The third-order valence-electron chi connectivity index (χ3n) is 6.15. The average Bonchev–Trinajstić information content (AvgIpc) is 3.65. The molecule has 1 aromatic heterocycles. The minimum atomic E-state index is -0.660. The molecule has 2 aromatic rings. The van der Waals surface area contributed by atoms with Gasteiger partial charge in [0.25, 0.3) is 5.91 Å². The van der Waals surface area contributed by atoms with Crippen molar-refractivity contribution in [3.63, 3.8) is 0 Å². The molecule has 156 valence electrons. The molecule has 0 bridgehead atoms. The number of carbonyl (C=O) groups is 2. The van der Waals surface area contributed by atoms with Gasteiger partial charge in [0.15, 0.2) is 6.10 Å². The van der Waals surface area contributed by atoms with Gasteiger partial charge in [-0.3, -0.25) is 9.59 Å². The molecule has 0 radical (unpaired) electrons. The van der Waals surface area contributed by atoms with Crippen LogP contribution in [0.2, 0.25) is 0 Å². The lowest BCUT2D eigenvalue weighted by molar-refractivity contribution is -0.170. The van der Waals surface area contributed by atoms with Crippen LogP contribution in [0.15, 0.2) is 54.7 Å². The number of amides is 2. The first kappa shape index (κ1) is 19.1. The van der Waals surface area contributed by atoms with Crippen molar-refractivity contribution >= 4 is 17.6 Å². The van der Waals surface area contributed by atoms with Gasteiger partial charge in [0, 0.05) is 38.4 Å². The first-order valence-electron chi connectivity index (χ1n) is 10.6. The summed E-state index contributed by atoms with van der Waals surface area (Å²) in [7, 11) is 0. The van der Waals surface area contributed by atoms with Crippen LogP contribution in [0.3, 0.4) is 0 Å². The van der Waals surface area contributed by atoms with Gasteiger partial charge in [0.05, 0.1) is 6.04 Å². The lowest BCUT2D eigenvalue weighted by Crippen LogP contribution is -2.58. The van der Waals surface area contributed by atoms with Gasteiger partial charge in [-0.2, -0.15) is 0 Å². The molecule has 1 aromatic carbocycles. The van der Waals surface area contributed by atoms with E-state index < -0.39 is 6.10 Å². The molecule has 1 saturated carbocycles. The molecule has 7 heteroatoms. The molecule has 0 unspecified atom stereocenters. The molecule has 5 rings (SSSR count). The molecule has 2 amide bonds. The van der Waals surface area contributed by atoms with Crippen molar-refractivity contribution < 1.29 is 14.3 Å². The second-order valence-electron chi connectivity index (χ2n) is 8.12. The lowest BCUT2D eigenvalue weighted by atomic mass is 9.96. The molecule has 30 heavy (non-hydrogen) atoms. The zero-order chi connectivity index (χ0) is 20.5. The molecule has 3 aliphatic rings. The number of carbonyl (C=O) groups excluding carboxylic acids is 2. The second-order valence-corrected chi connectivity index (χ2v) is 8.12. The molecule has 0 N–H and O–H groups in total. The van der Waals surface area contributed by atoms with E-state index in [4.69, 9.17) is 4.74 Å². The summed E-state index contributed by atoms with van der Waals surface area (Å²) >= 11 is 0. The Kier molecular flexibility index (Phi) is 5.12. The molecule has 2 atom stereocenters. The molecule has 3 fully saturated rings. The molecule has 7 nitrogen and oxygen atoms in total. The van der Waals surface area contributed by atoms with E-state index in [2.05, 4.69) is 9.88 Å². The molecule has 2 aliphatic heterocycles. The molecule has 0 spiro atoms. The van der Waals surface area contributed by atoms with Gasteiger partial charge in [-0.25, -0.2) is 4.98 Å². The minimum Gasteiger partial charge on any atom is -0.356 e. The van der Waals surface area contributed by atoms with E-state index in [0.717, 1.165) is 37.3 Å². The summed E-state index contributed by atoms with van der Waals surface area (Å²) in [5.74, 6) is 0.893. The molecule has 1 aliphatic carbocycles. The monoisotopic (exact) mass is 406 g/mol. The van der Waals surface area contributed by atoms with Gasteiger partial charge in [-0.15, -0.1) is 0 Å². The van der Waals surface area contributed by atoms with Gasteiger partial charge in [0.2, 0.25) is 5.91 Å². The van der Waals surface area contributed by atoms with Crippen LogP contribution in [0.1, 0.15) is 24.4 Å². The van der Waals surface area contributed by atoms with Crippen molar-refractivity contribution in [2.75, 3.05) is 37.7 Å². The Morgan fingerprint density at radius 1 is 0.967 bits per heavy atom. The fourth-order valence-corrected chi connectivity index (χ4v) is 4.48. The lowest BCUT2D eigenvalue weighted by Gasteiger charge is -2.43. The number of rotatable bonds is 4. The highest BCUT2D eigenvalue weighted by Gasteiger charge is 2.48. The normalized spacial score (nSPS) is 24.8. The van der Waals surface area contributed by atoms with Gasteiger partial charge >= 0.3 is 0 Å². The number of nitrogens with zero attached hydrogens (tertiary/aromatic N) is 4. The van der Waals surface area contributed by atoms with E-state index in [1.54, 1.807) is 6.20 Å². The summed E-state index contributed by atoms with van der Waals surface area (Å²) < 4.78 is 5.88. The fourth-order valence-electron chi connectivity index (χ4n) is 4.48. The number of benzene rings is 1. The van der Waals surface area contributed by atoms with Crippen LogP contribution in [0.4, 0.5) is 5.82 Å². The van der Waals surface area contributed by atoms with Crippen LogP contribution < -0.4 is 4.90 Å². The van der Waals surface area contributed by atoms with Crippen molar-refractivity contribution in [3.05, 3.63) is 60.3 Å². The minimum absolute atomic E-state index is 0.0182. The molecule has 2 saturated heterocycles. The van der Waals surface area contributed by atoms with Crippen LogP contribution in [0, 0.1) is 0 Å². The smallest absolute Gasteiger partial charge is 0.254 e. The topological polar surface area (TPSA) is 66.0 Å². The highest BCUT2D eigenvalue weighted by Crippen LogP contribution is 2.40. The third kappa shape index (κ3) is 3.65. The third-order valence-corrected chi connectivity index (χ3v) is 6.15. The largest absolute Gasteiger partial charge is 0.356 e. The van der Waals surface area contributed by atoms with Gasteiger partial charge in [-0.1, -0.05) is 36.4 Å². The first-order chi connectivity index (χ1) is 14.7. The van der Waals surface area contributed by atoms with E-state index in [-0.39, 0.29) is 30.5 Å². The maximum Gasteiger partial charge on any atom is 0.254 e. The SMILES string of the molecule is O=C([C@@H]1OCC(=O)N(C2CC2)[C@H]1c1ccccc1)N1CCN(c2ccccn2)CC1. The highest BCUT2D eigenvalue weighted by atomic mass is 16.5. The maximum absolute atomic E-state index is 13.5. The van der Waals surface area contributed by atoms with Crippen LogP contribution >= 0.6 is 0 Å². The number of anilines is 1. The quantitative estimate of drug-likeness (QED) is 0.776. The van der Waals surface area contributed by atoms with Crippen molar-refractivity contribution in [1.29, 1.82) is 0 Å². The van der Waals surface area contributed by atoms with E-state index in [0.29, 0.717) is 13.1 Å². The summed E-state index contributed by atoms with van der Waals surface area (Å²) in [6, 6.07) is 15.6. The van der Waals surface area contributed by atoms with Gasteiger partial charge in [0.1, 0.15) is 12.4 Å². The van der Waals surface area contributed by atoms with E-state index in [1.807, 2.05) is 58.3 Å². The fraction of sp³-hybridized carbons (Fsp3) is 0.435. The summed E-state index contributed by atoms with van der Waals surface area (Å²) in [6.45, 7) is 2.68. The standard InChI is InChI=1S/C23H26N4O3/c28-20-16-30-22(21(27(20)18-9-10-18)17-6-2-1-3-7-17)23(29)26-14-12-25(13-15-26)19-8-4-5-11-24-19/h1-8,11,18,21-22H,9-10,12-16H2/t21-,22+/m0/s1. The van der Waals surface area contributed by atoms with Gasteiger partial charge < -0.3 is 19.4 Å². The van der Waals surface area contributed by atoms with Crippen LogP contribution in [0.25, 0.3) is 0 Å². The Labute approximate surface area is 176 Å². The van der Waals surface area contributed by atoms with Gasteiger partial charge in [-0.05, 0) is 30.5 Å². The number of pyridine rings is 1. The van der Waals surface area contributed by atoms with E-state index in [9.17, 15) is 9.59 Å². The zero-order valence-electron chi connectivity index (χ0n) is 16.9. The molecular weight excluding hydrogens is 380 g/mol. The molecule has 3 heterocycles. The molecular formula is C23H26N4O3. The Balaban J connectivity index is 1.34. The number of ether oxygens (including phenoxy) is 1. The zero-order valence-corrected chi connectivity index (χ0v) is 16.9. The van der Waals surface area contributed by atoms with E-state index in [1.165, 1.54) is 0 Å². The van der Waals surface area contributed by atoms with Crippen molar-refractivity contribution in [2.45, 2.75) is 31.0 Å². The maximum atomic E-state index is 13.5. The number of hydrogen-bond acceptors (Lipinski definition) is 5. The summed E-state index contributed by atoms with van der Waals surface area (Å²) in [5, 5.41) is 0. The first-order valence-corrected chi connectivity index (χ1v) is 10.6. The average molecular weight is 406 g/mol. The van der Waals surface area contributed by atoms with Crippen molar-refractivity contribution in [2.24, 2.45) is 0 Å². The van der Waals surface area contributed by atoms with Crippen LogP contribution in [0.5, 0.6) is 0 Å². The van der Waals surface area contributed by atoms with Crippen molar-refractivity contribution in [3.8, 4) is 0 Å². The number of aromatic nitrogens is 1.